The van der Waals surface area contributed by atoms with E-state index < -0.39 is 5.97 Å². The van der Waals surface area contributed by atoms with Crippen molar-refractivity contribution in [2.45, 2.75) is 13.3 Å². The fourth-order valence-corrected chi connectivity index (χ4v) is 1.78. The standard InChI is InChI=1S/C8H10N2O3S/c1-2-5-3-6(7(9)14-5)8(12)13-10-4-11/h3-4H,2,9H2,1H3,(H,10,11). The Balaban J connectivity index is 2.78. The molecule has 0 bridgehead atoms. The largest absolute Gasteiger partial charge is 0.390 e. The van der Waals surface area contributed by atoms with Crippen LogP contribution in [0.5, 0.6) is 0 Å². The van der Waals surface area contributed by atoms with E-state index in [-0.39, 0.29) is 6.41 Å². The number of carbonyl (C=O) groups is 2. The van der Waals surface area contributed by atoms with E-state index in [1.807, 2.05) is 12.4 Å². The third-order valence-corrected chi connectivity index (χ3v) is 2.69. The van der Waals surface area contributed by atoms with Crippen LogP contribution in [-0.2, 0) is 16.1 Å². The van der Waals surface area contributed by atoms with Gasteiger partial charge in [0.25, 0.3) is 0 Å². The van der Waals surface area contributed by atoms with E-state index in [0.29, 0.717) is 10.6 Å². The quantitative estimate of drug-likeness (QED) is 0.571. The smallest absolute Gasteiger partial charge is 0.365 e. The van der Waals surface area contributed by atoms with Crippen LogP contribution in [0, 0.1) is 0 Å². The lowest BCUT2D eigenvalue weighted by molar-refractivity contribution is -0.117. The number of hydroxylamine groups is 1. The van der Waals surface area contributed by atoms with Gasteiger partial charge >= 0.3 is 5.97 Å². The zero-order valence-electron chi connectivity index (χ0n) is 7.57. The van der Waals surface area contributed by atoms with Gasteiger partial charge in [0.05, 0.1) is 5.56 Å². The molecular weight excluding hydrogens is 204 g/mol. The number of anilines is 1. The summed E-state index contributed by atoms with van der Waals surface area (Å²) in [6.07, 6.45) is 1.09. The number of hydrogen-bond acceptors (Lipinski definition) is 5. The Morgan fingerprint density at radius 2 is 2.50 bits per heavy atom. The van der Waals surface area contributed by atoms with E-state index in [1.54, 1.807) is 6.07 Å². The van der Waals surface area contributed by atoms with Crippen molar-refractivity contribution in [1.29, 1.82) is 0 Å². The summed E-state index contributed by atoms with van der Waals surface area (Å²) in [5.41, 5.74) is 7.70. The van der Waals surface area contributed by atoms with Gasteiger partial charge in [0.2, 0.25) is 6.41 Å². The first-order valence-corrected chi connectivity index (χ1v) is 4.79. The molecule has 0 atom stereocenters. The fraction of sp³-hybridized carbons (Fsp3) is 0.250. The summed E-state index contributed by atoms with van der Waals surface area (Å²) >= 11 is 1.34. The molecule has 1 heterocycles. The molecule has 1 amide bonds. The van der Waals surface area contributed by atoms with E-state index in [1.165, 1.54) is 11.3 Å². The molecule has 1 rings (SSSR count). The average molecular weight is 214 g/mol. The summed E-state index contributed by atoms with van der Waals surface area (Å²) in [7, 11) is 0. The van der Waals surface area contributed by atoms with Crippen LogP contribution in [0.3, 0.4) is 0 Å². The number of thiophene rings is 1. The normalized spacial score (nSPS) is 9.50. The minimum Gasteiger partial charge on any atom is -0.390 e. The van der Waals surface area contributed by atoms with Crippen molar-refractivity contribution in [2.75, 3.05) is 5.73 Å². The van der Waals surface area contributed by atoms with Gasteiger partial charge in [-0.1, -0.05) is 6.92 Å². The van der Waals surface area contributed by atoms with Crippen LogP contribution in [0.25, 0.3) is 0 Å². The summed E-state index contributed by atoms with van der Waals surface area (Å²) in [6.45, 7) is 1.96. The number of rotatable bonds is 4. The van der Waals surface area contributed by atoms with Crippen molar-refractivity contribution in [3.63, 3.8) is 0 Å². The van der Waals surface area contributed by atoms with E-state index in [9.17, 15) is 9.59 Å². The maximum atomic E-state index is 11.2. The Hall–Kier alpha value is -1.56. The molecule has 0 saturated heterocycles. The molecule has 0 aliphatic rings. The van der Waals surface area contributed by atoms with Crippen LogP contribution in [0.2, 0.25) is 0 Å². The molecule has 0 unspecified atom stereocenters. The van der Waals surface area contributed by atoms with Gasteiger partial charge in [-0.3, -0.25) is 4.79 Å². The van der Waals surface area contributed by atoms with Gasteiger partial charge in [0, 0.05) is 4.88 Å². The van der Waals surface area contributed by atoms with Crippen LogP contribution in [0.15, 0.2) is 6.07 Å². The SMILES string of the molecule is CCc1cc(C(=O)ONC=O)c(N)s1. The van der Waals surface area contributed by atoms with Crippen molar-refractivity contribution >= 4 is 28.7 Å². The second kappa shape index (κ2) is 4.61. The van der Waals surface area contributed by atoms with Crippen molar-refractivity contribution in [2.24, 2.45) is 0 Å². The highest BCUT2D eigenvalue weighted by Crippen LogP contribution is 2.25. The number of amides is 1. The summed E-state index contributed by atoms with van der Waals surface area (Å²) in [5, 5.41) is 0.402. The van der Waals surface area contributed by atoms with Gasteiger partial charge in [-0.2, -0.15) is 5.48 Å². The summed E-state index contributed by atoms with van der Waals surface area (Å²) in [6, 6.07) is 1.66. The van der Waals surface area contributed by atoms with Crippen LogP contribution in [-0.4, -0.2) is 12.4 Å². The van der Waals surface area contributed by atoms with E-state index in [2.05, 4.69) is 4.84 Å². The molecule has 0 saturated carbocycles. The third kappa shape index (κ3) is 2.23. The number of nitrogens with one attached hydrogen (secondary N) is 1. The Morgan fingerprint density at radius 1 is 1.79 bits per heavy atom. The number of nitrogens with two attached hydrogens (primary N) is 1. The topological polar surface area (TPSA) is 81.4 Å². The van der Waals surface area contributed by atoms with E-state index in [4.69, 9.17) is 5.73 Å². The lowest BCUT2D eigenvalue weighted by Crippen LogP contribution is -2.18. The Bertz CT molecular complexity index is 348. The predicted octanol–water partition coefficient (Wildman–Crippen LogP) is 0.710. The maximum Gasteiger partial charge on any atom is 0.365 e. The Kier molecular flexibility index (Phi) is 3.47. The van der Waals surface area contributed by atoms with Gasteiger partial charge in [0.15, 0.2) is 0 Å². The molecule has 6 heteroatoms. The molecular formula is C8H10N2O3S. The fourth-order valence-electron chi connectivity index (χ4n) is 0.924. The molecule has 14 heavy (non-hydrogen) atoms. The molecule has 0 aromatic carbocycles. The van der Waals surface area contributed by atoms with Crippen molar-refractivity contribution in [3.05, 3.63) is 16.5 Å². The van der Waals surface area contributed by atoms with Crippen LogP contribution < -0.4 is 11.2 Å². The van der Waals surface area contributed by atoms with Crippen molar-refractivity contribution in [3.8, 4) is 0 Å². The van der Waals surface area contributed by atoms with Crippen molar-refractivity contribution in [1.82, 2.24) is 5.48 Å². The zero-order valence-corrected chi connectivity index (χ0v) is 8.39. The number of hydrogen-bond donors (Lipinski definition) is 2. The molecule has 0 aliphatic heterocycles. The lowest BCUT2D eigenvalue weighted by Gasteiger charge is -1.98. The van der Waals surface area contributed by atoms with Crippen LogP contribution >= 0.6 is 11.3 Å². The minimum atomic E-state index is -0.648. The number of carbonyl (C=O) groups excluding carboxylic acids is 2. The molecule has 3 N–H and O–H groups in total. The summed E-state index contributed by atoms with van der Waals surface area (Å²) < 4.78 is 0. The Morgan fingerprint density at radius 3 is 3.00 bits per heavy atom. The molecule has 1 aromatic rings. The number of aryl methyl sites for hydroxylation is 1. The molecule has 0 spiro atoms. The van der Waals surface area contributed by atoms with Gasteiger partial charge < -0.3 is 10.6 Å². The molecule has 1 aromatic heterocycles. The molecule has 76 valence electrons. The molecule has 0 radical (unpaired) electrons. The van der Waals surface area contributed by atoms with Gasteiger partial charge in [-0.25, -0.2) is 4.79 Å². The molecule has 0 aliphatic carbocycles. The van der Waals surface area contributed by atoms with Crippen LogP contribution in [0.1, 0.15) is 22.2 Å². The van der Waals surface area contributed by atoms with Gasteiger partial charge in [0.1, 0.15) is 5.00 Å². The summed E-state index contributed by atoms with van der Waals surface area (Å²) in [5.74, 6) is -0.648. The predicted molar refractivity (Wildman–Crippen MR) is 52.7 cm³/mol. The lowest BCUT2D eigenvalue weighted by atomic mass is 10.3. The summed E-state index contributed by atoms with van der Waals surface area (Å²) in [4.78, 5) is 26.5. The van der Waals surface area contributed by atoms with Gasteiger partial charge in [-0.15, -0.1) is 11.3 Å². The van der Waals surface area contributed by atoms with E-state index >= 15 is 0 Å². The second-order valence-electron chi connectivity index (χ2n) is 2.47. The highest BCUT2D eigenvalue weighted by atomic mass is 32.1. The number of nitrogen functional groups attached to an aromatic ring is 1. The van der Waals surface area contributed by atoms with Crippen LogP contribution in [0.4, 0.5) is 5.00 Å². The van der Waals surface area contributed by atoms with E-state index in [0.717, 1.165) is 11.3 Å². The monoisotopic (exact) mass is 214 g/mol. The minimum absolute atomic E-state index is 0.279. The highest BCUT2D eigenvalue weighted by Gasteiger charge is 2.14. The maximum absolute atomic E-state index is 11.2. The third-order valence-electron chi connectivity index (χ3n) is 1.58. The Labute approximate surface area is 84.8 Å². The first kappa shape index (κ1) is 10.5. The first-order chi connectivity index (χ1) is 6.69. The zero-order chi connectivity index (χ0) is 10.6. The average Bonchev–Trinajstić information content (AvgIpc) is 2.56. The molecule has 5 nitrogen and oxygen atoms in total. The highest BCUT2D eigenvalue weighted by molar-refractivity contribution is 7.16. The van der Waals surface area contributed by atoms with Gasteiger partial charge in [-0.05, 0) is 12.5 Å². The van der Waals surface area contributed by atoms with Crippen molar-refractivity contribution < 1.29 is 14.4 Å². The first-order valence-electron chi connectivity index (χ1n) is 3.97. The molecule has 0 fully saturated rings. The second-order valence-corrected chi connectivity index (χ2v) is 3.64.